The maximum atomic E-state index is 6.43. The summed E-state index contributed by atoms with van der Waals surface area (Å²) < 4.78 is 5.57. The van der Waals surface area contributed by atoms with Gasteiger partial charge in [0.05, 0.1) is 62.1 Å². The van der Waals surface area contributed by atoms with E-state index in [1.165, 1.54) is 48.2 Å². The smallest absolute Gasteiger partial charge is 0.140 e. The summed E-state index contributed by atoms with van der Waals surface area (Å²) in [6, 6.07) is 48.1. The van der Waals surface area contributed by atoms with Crippen molar-refractivity contribution in [3.63, 3.8) is 0 Å². The van der Waals surface area contributed by atoms with Crippen molar-refractivity contribution >= 4 is 84.1 Å². The van der Waals surface area contributed by atoms with Crippen LogP contribution in [0.2, 0.25) is 5.02 Å². The maximum absolute atomic E-state index is 6.43. The van der Waals surface area contributed by atoms with Gasteiger partial charge in [-0.3, -0.25) is 0 Å². The molecule has 2 heterocycles. The van der Waals surface area contributed by atoms with Crippen LogP contribution >= 0.6 is 22.9 Å². The summed E-state index contributed by atoms with van der Waals surface area (Å²) in [7, 11) is 0. The van der Waals surface area contributed by atoms with Crippen molar-refractivity contribution in [1.82, 2.24) is 0 Å². The molecule has 14 heteroatoms. The molecule has 0 radical (unpaired) electrons. The van der Waals surface area contributed by atoms with E-state index in [4.69, 9.17) is 16.3 Å². The van der Waals surface area contributed by atoms with Crippen molar-refractivity contribution in [1.29, 1.82) is 0 Å². The van der Waals surface area contributed by atoms with E-state index >= 15 is 0 Å². The SMILES string of the molecule is CCCCc1ccc(N=Nc2ccc(N=Nc3ccc(OCCC)cc3)cc2)cc1.Cc1ccc(N=Nc2ccc(N=Nc3ccc(N=Nc4ccc(N5CCCCC5)s4)cc3Cl)cc2)cc1. The Kier molecular flexibility index (Phi) is 18.3. The summed E-state index contributed by atoms with van der Waals surface area (Å²) in [5.74, 6) is 0.848. The lowest BCUT2D eigenvalue weighted by Crippen LogP contribution is -2.28. The van der Waals surface area contributed by atoms with Gasteiger partial charge in [-0.15, -0.1) is 15.3 Å². The van der Waals surface area contributed by atoms with Crippen LogP contribution in [0, 0.1) is 6.92 Å². The van der Waals surface area contributed by atoms with Crippen LogP contribution < -0.4 is 9.64 Å². The first-order chi connectivity index (χ1) is 32.9. The number of azo groups is 5. The standard InChI is InChI=1S/C28H26ClN7S.C25H28N4O/c1-20-5-7-21(8-6-20)30-31-22-9-11-23(12-10-22)32-34-26-14-13-24(19-25(26)29)33-35-27-15-16-28(37-27)36-17-3-2-4-18-36;1-3-5-6-20-7-9-21(10-8-20)26-27-22-11-13-23(14-12-22)28-29-24-15-17-25(18-16-24)30-19-4-2/h5-16,19H,2-4,17-18H2,1H3;7-18H,3-6,19H2,1-2H3. The van der Waals surface area contributed by atoms with E-state index in [9.17, 15) is 0 Å². The number of ether oxygens (including phenoxy) is 1. The topological polar surface area (TPSA) is 136 Å². The van der Waals surface area contributed by atoms with E-state index < -0.39 is 0 Å². The monoisotopic (exact) mass is 927 g/mol. The van der Waals surface area contributed by atoms with Crippen LogP contribution in [-0.4, -0.2) is 19.7 Å². The highest BCUT2D eigenvalue weighted by Gasteiger charge is 2.13. The Morgan fingerprint density at radius 2 is 0.955 bits per heavy atom. The average Bonchev–Trinajstić information content (AvgIpc) is 3.86. The molecule has 0 bridgehead atoms. The Morgan fingerprint density at radius 1 is 0.493 bits per heavy atom. The van der Waals surface area contributed by atoms with E-state index in [0.717, 1.165) is 77.4 Å². The molecule has 6 aromatic carbocycles. The summed E-state index contributed by atoms with van der Waals surface area (Å²) in [6.07, 6.45) is 8.34. The number of nitrogens with zero attached hydrogens (tertiary/aromatic N) is 11. The molecule has 7 aromatic rings. The minimum absolute atomic E-state index is 0.462. The normalized spacial score (nSPS) is 13.0. The maximum Gasteiger partial charge on any atom is 0.140 e. The molecule has 1 aliphatic heterocycles. The highest BCUT2D eigenvalue weighted by Crippen LogP contribution is 2.36. The van der Waals surface area contributed by atoms with Gasteiger partial charge in [0.25, 0.3) is 0 Å². The quantitative estimate of drug-likeness (QED) is 0.0840. The van der Waals surface area contributed by atoms with Gasteiger partial charge in [0.15, 0.2) is 0 Å². The zero-order valence-corrected chi connectivity index (χ0v) is 39.7. The molecule has 1 aliphatic rings. The van der Waals surface area contributed by atoms with Gasteiger partial charge in [0.2, 0.25) is 0 Å². The van der Waals surface area contributed by atoms with Crippen LogP contribution in [0.5, 0.6) is 5.75 Å². The third-order valence-corrected chi connectivity index (χ3v) is 11.7. The Balaban J connectivity index is 0.000000204. The molecule has 0 atom stereocenters. The molecule has 0 unspecified atom stereocenters. The summed E-state index contributed by atoms with van der Waals surface area (Å²) in [4.78, 5) is 2.42. The number of thiophene rings is 1. The van der Waals surface area contributed by atoms with Gasteiger partial charge in [-0.2, -0.15) is 35.8 Å². The molecule has 1 fully saturated rings. The van der Waals surface area contributed by atoms with Gasteiger partial charge in [0, 0.05) is 13.1 Å². The minimum Gasteiger partial charge on any atom is -0.494 e. The lowest BCUT2D eigenvalue weighted by molar-refractivity contribution is 0.317. The van der Waals surface area contributed by atoms with Crippen molar-refractivity contribution < 1.29 is 4.74 Å². The number of rotatable bonds is 17. The van der Waals surface area contributed by atoms with Gasteiger partial charge >= 0.3 is 0 Å². The van der Waals surface area contributed by atoms with Crippen LogP contribution in [0.25, 0.3) is 0 Å². The fourth-order valence-electron chi connectivity index (χ4n) is 6.58. The summed E-state index contributed by atoms with van der Waals surface area (Å²) >= 11 is 8.09. The second-order valence-corrected chi connectivity index (χ2v) is 17.2. The summed E-state index contributed by atoms with van der Waals surface area (Å²) in [6.45, 7) is 9.28. The fraction of sp³-hybridized carbons (Fsp3) is 0.245. The third-order valence-electron chi connectivity index (χ3n) is 10.4. The first-order valence-electron chi connectivity index (χ1n) is 22.7. The number of halogens is 1. The number of anilines is 1. The Labute approximate surface area is 402 Å². The molecule has 8 rings (SSSR count). The van der Waals surface area contributed by atoms with Gasteiger partial charge in [-0.25, -0.2) is 0 Å². The molecule has 0 amide bonds. The van der Waals surface area contributed by atoms with Crippen LogP contribution in [0.4, 0.5) is 61.2 Å². The molecule has 67 heavy (non-hydrogen) atoms. The average molecular weight is 929 g/mol. The van der Waals surface area contributed by atoms with Crippen molar-refractivity contribution in [2.24, 2.45) is 51.1 Å². The summed E-state index contributed by atoms with van der Waals surface area (Å²) in [5, 5.41) is 45.6. The Morgan fingerprint density at radius 3 is 1.46 bits per heavy atom. The number of hydrogen-bond donors (Lipinski definition) is 0. The minimum atomic E-state index is 0.462. The lowest BCUT2D eigenvalue weighted by atomic mass is 10.1. The highest BCUT2D eigenvalue weighted by atomic mass is 35.5. The predicted octanol–water partition coefficient (Wildman–Crippen LogP) is 19.6. The second kappa shape index (κ2) is 25.6. The van der Waals surface area contributed by atoms with Gasteiger partial charge in [0.1, 0.15) is 16.4 Å². The lowest BCUT2D eigenvalue weighted by Gasteiger charge is -2.26. The Hall–Kier alpha value is -7.09. The summed E-state index contributed by atoms with van der Waals surface area (Å²) in [5.41, 5.74) is 9.17. The highest BCUT2D eigenvalue weighted by molar-refractivity contribution is 7.19. The van der Waals surface area contributed by atoms with Crippen LogP contribution in [0.1, 0.15) is 63.5 Å². The second-order valence-electron chi connectivity index (χ2n) is 15.8. The number of aryl methyl sites for hydroxylation is 2. The van der Waals surface area contributed by atoms with Crippen molar-refractivity contribution in [2.45, 2.75) is 65.7 Å². The molecule has 0 aliphatic carbocycles. The molecule has 0 N–H and O–H groups in total. The van der Waals surface area contributed by atoms with E-state index in [1.807, 2.05) is 128 Å². The van der Waals surface area contributed by atoms with Crippen molar-refractivity contribution in [3.05, 3.63) is 168 Å². The number of piperidine rings is 1. The molecule has 0 saturated carbocycles. The van der Waals surface area contributed by atoms with E-state index in [0.29, 0.717) is 22.1 Å². The molecular weight excluding hydrogens is 874 g/mol. The molecule has 1 saturated heterocycles. The van der Waals surface area contributed by atoms with Gasteiger partial charge in [-0.05, 0) is 178 Å². The Bertz CT molecular complexity index is 2670. The van der Waals surface area contributed by atoms with Crippen LogP contribution in [0.3, 0.4) is 0 Å². The molecule has 1 aromatic heterocycles. The number of benzene rings is 6. The fourth-order valence-corrected chi connectivity index (χ4v) is 7.67. The molecule has 12 nitrogen and oxygen atoms in total. The van der Waals surface area contributed by atoms with Gasteiger partial charge in [-0.1, -0.05) is 73.0 Å². The van der Waals surface area contributed by atoms with E-state index in [-0.39, 0.29) is 0 Å². The molecule has 0 spiro atoms. The predicted molar refractivity (Wildman–Crippen MR) is 274 cm³/mol. The van der Waals surface area contributed by atoms with E-state index in [1.54, 1.807) is 23.5 Å². The van der Waals surface area contributed by atoms with Crippen LogP contribution in [-0.2, 0) is 6.42 Å². The third kappa shape index (κ3) is 15.8. The van der Waals surface area contributed by atoms with Crippen molar-refractivity contribution in [3.8, 4) is 5.75 Å². The first kappa shape index (κ1) is 47.9. The van der Waals surface area contributed by atoms with Gasteiger partial charge < -0.3 is 9.64 Å². The zero-order chi connectivity index (χ0) is 46.5. The zero-order valence-electron chi connectivity index (χ0n) is 38.1. The van der Waals surface area contributed by atoms with E-state index in [2.05, 4.69) is 88.1 Å². The van der Waals surface area contributed by atoms with Crippen molar-refractivity contribution in [2.75, 3.05) is 24.6 Å². The van der Waals surface area contributed by atoms with Crippen LogP contribution in [0.15, 0.2) is 203 Å². The number of hydrogen-bond acceptors (Lipinski definition) is 13. The largest absolute Gasteiger partial charge is 0.494 e. The molecular formula is C53H54ClN11OS. The number of unbranched alkanes of at least 4 members (excludes halogenated alkanes) is 1. The first-order valence-corrected chi connectivity index (χ1v) is 23.9. The molecule has 340 valence electrons.